The number of likely N-dealkylation sites (tertiary alicyclic amines) is 1. The van der Waals surface area contributed by atoms with E-state index in [1.807, 2.05) is 24.4 Å². The van der Waals surface area contributed by atoms with Crippen molar-refractivity contribution in [3.63, 3.8) is 0 Å². The minimum absolute atomic E-state index is 0.0177. The first-order chi connectivity index (χ1) is 14.9. The molecule has 0 unspecified atom stereocenters. The Bertz CT molecular complexity index is 928. The summed E-state index contributed by atoms with van der Waals surface area (Å²) < 4.78 is 0. The number of nitrogens with one attached hydrogen (secondary N) is 1. The average molecular weight is 482 g/mol. The van der Waals surface area contributed by atoms with Gasteiger partial charge in [-0.2, -0.15) is 0 Å². The molecule has 6 nitrogen and oxygen atoms in total. The monoisotopic (exact) mass is 481 g/mol. The summed E-state index contributed by atoms with van der Waals surface area (Å²) in [6.45, 7) is 3.48. The lowest BCUT2D eigenvalue weighted by atomic mass is 9.95. The number of rotatable bonds is 7. The van der Waals surface area contributed by atoms with Crippen molar-refractivity contribution in [3.8, 4) is 0 Å². The van der Waals surface area contributed by atoms with Gasteiger partial charge < -0.3 is 15.1 Å². The second kappa shape index (κ2) is 11.0. The number of hydrogen-bond acceptors (Lipinski definition) is 4. The molecule has 1 N–H and O–H groups in total. The lowest BCUT2D eigenvalue weighted by Crippen LogP contribution is -2.46. The molecule has 0 aliphatic carbocycles. The fraction of sp³-hybridized carbons (Fsp3) is 0.409. The number of thiophene rings is 1. The molecule has 1 fully saturated rings. The van der Waals surface area contributed by atoms with Crippen LogP contribution in [0.3, 0.4) is 0 Å². The van der Waals surface area contributed by atoms with E-state index >= 15 is 0 Å². The summed E-state index contributed by atoms with van der Waals surface area (Å²) in [6, 6.07) is 8.51. The third kappa shape index (κ3) is 6.21. The van der Waals surface area contributed by atoms with Crippen molar-refractivity contribution in [3.05, 3.63) is 50.6 Å². The normalized spacial score (nSPS) is 14.4. The van der Waals surface area contributed by atoms with Crippen molar-refractivity contribution in [2.45, 2.75) is 26.2 Å². The van der Waals surface area contributed by atoms with Crippen molar-refractivity contribution in [1.82, 2.24) is 9.80 Å². The molecule has 3 rings (SSSR count). The van der Waals surface area contributed by atoms with Crippen LogP contribution in [0.2, 0.25) is 10.0 Å². The van der Waals surface area contributed by atoms with Gasteiger partial charge in [0.05, 0.1) is 22.1 Å². The van der Waals surface area contributed by atoms with Crippen LogP contribution < -0.4 is 5.32 Å². The van der Waals surface area contributed by atoms with Crippen LogP contribution in [0.4, 0.5) is 5.69 Å². The molecule has 3 amide bonds. The molecule has 1 aromatic heterocycles. The Kier molecular flexibility index (Phi) is 8.35. The number of carbonyl (C=O) groups excluding carboxylic acids is 3. The second-order valence-corrected chi connectivity index (χ2v) is 9.27. The molecule has 0 saturated carbocycles. The van der Waals surface area contributed by atoms with Gasteiger partial charge in [-0.1, -0.05) is 36.2 Å². The van der Waals surface area contributed by atoms with E-state index in [9.17, 15) is 14.4 Å². The highest BCUT2D eigenvalue weighted by atomic mass is 35.5. The molecule has 2 aromatic rings. The van der Waals surface area contributed by atoms with Crippen LogP contribution in [-0.4, -0.2) is 53.7 Å². The molecular weight excluding hydrogens is 457 g/mol. The Morgan fingerprint density at radius 2 is 1.94 bits per heavy atom. The van der Waals surface area contributed by atoms with E-state index in [1.165, 1.54) is 11.3 Å². The lowest BCUT2D eigenvalue weighted by molar-refractivity contribution is -0.139. The van der Waals surface area contributed by atoms with Gasteiger partial charge in [0.1, 0.15) is 0 Å². The van der Waals surface area contributed by atoms with E-state index < -0.39 is 0 Å². The van der Waals surface area contributed by atoms with Gasteiger partial charge >= 0.3 is 0 Å². The van der Waals surface area contributed by atoms with Gasteiger partial charge in [-0.05, 0) is 48.9 Å². The fourth-order valence-electron chi connectivity index (χ4n) is 3.64. The Labute approximate surface area is 196 Å². The number of carbonyl (C=O) groups is 3. The number of piperidine rings is 1. The zero-order valence-electron chi connectivity index (χ0n) is 17.3. The largest absolute Gasteiger partial charge is 0.338 e. The molecule has 2 heterocycles. The Morgan fingerprint density at radius 3 is 2.58 bits per heavy atom. The van der Waals surface area contributed by atoms with E-state index in [4.69, 9.17) is 23.2 Å². The first-order valence-electron chi connectivity index (χ1n) is 10.3. The maximum atomic E-state index is 13.1. The van der Waals surface area contributed by atoms with Gasteiger partial charge in [0.25, 0.3) is 5.91 Å². The predicted octanol–water partition coefficient (Wildman–Crippen LogP) is 4.78. The van der Waals surface area contributed by atoms with Crippen molar-refractivity contribution < 1.29 is 14.4 Å². The third-order valence-corrected chi connectivity index (χ3v) is 6.63. The number of benzene rings is 1. The second-order valence-electron chi connectivity index (χ2n) is 7.48. The van der Waals surface area contributed by atoms with Crippen LogP contribution in [0.1, 0.15) is 35.9 Å². The highest BCUT2D eigenvalue weighted by Crippen LogP contribution is 2.26. The summed E-state index contributed by atoms with van der Waals surface area (Å²) in [5, 5.41) is 5.46. The first-order valence-corrected chi connectivity index (χ1v) is 11.9. The van der Waals surface area contributed by atoms with Crippen molar-refractivity contribution in [2.24, 2.45) is 5.92 Å². The van der Waals surface area contributed by atoms with E-state index in [0.717, 1.165) is 6.42 Å². The minimum Gasteiger partial charge on any atom is -0.338 e. The van der Waals surface area contributed by atoms with Crippen LogP contribution in [0.25, 0.3) is 0 Å². The number of amides is 3. The maximum absolute atomic E-state index is 13.1. The molecular formula is C22H25Cl2N3O3S. The van der Waals surface area contributed by atoms with Crippen molar-refractivity contribution >= 4 is 57.9 Å². The molecule has 0 bridgehead atoms. The summed E-state index contributed by atoms with van der Waals surface area (Å²) in [7, 11) is 0. The SMILES string of the molecule is CCCN(CC(=O)Nc1cc(Cl)ccc1Cl)C(=O)C1CCN(C(=O)c2cccs2)CC1. The van der Waals surface area contributed by atoms with E-state index in [1.54, 1.807) is 28.0 Å². The molecule has 1 aliphatic rings. The molecule has 0 spiro atoms. The molecule has 9 heteroatoms. The Morgan fingerprint density at radius 1 is 1.19 bits per heavy atom. The zero-order valence-corrected chi connectivity index (χ0v) is 19.6. The van der Waals surface area contributed by atoms with E-state index in [-0.39, 0.29) is 30.2 Å². The predicted molar refractivity (Wildman–Crippen MR) is 125 cm³/mol. The summed E-state index contributed by atoms with van der Waals surface area (Å²) in [4.78, 5) is 42.3. The van der Waals surface area contributed by atoms with Crippen LogP contribution in [0, 0.1) is 5.92 Å². The zero-order chi connectivity index (χ0) is 22.4. The van der Waals surface area contributed by atoms with Gasteiger partial charge in [-0.15, -0.1) is 11.3 Å². The van der Waals surface area contributed by atoms with Gasteiger partial charge in [0.2, 0.25) is 11.8 Å². The van der Waals surface area contributed by atoms with Crippen LogP contribution in [-0.2, 0) is 9.59 Å². The van der Waals surface area contributed by atoms with E-state index in [2.05, 4.69) is 5.32 Å². The molecule has 0 radical (unpaired) electrons. The van der Waals surface area contributed by atoms with Crippen molar-refractivity contribution in [2.75, 3.05) is 31.5 Å². The molecule has 1 aliphatic heterocycles. The molecule has 1 aromatic carbocycles. The maximum Gasteiger partial charge on any atom is 0.263 e. The average Bonchev–Trinajstić information content (AvgIpc) is 3.30. The van der Waals surface area contributed by atoms with Gasteiger partial charge in [0.15, 0.2) is 0 Å². The molecule has 0 atom stereocenters. The Balaban J connectivity index is 1.57. The third-order valence-electron chi connectivity index (χ3n) is 5.21. The number of anilines is 1. The van der Waals surface area contributed by atoms with Crippen LogP contribution in [0.15, 0.2) is 35.7 Å². The van der Waals surface area contributed by atoms with Gasteiger partial charge in [0, 0.05) is 30.6 Å². The summed E-state index contributed by atoms with van der Waals surface area (Å²) in [6.07, 6.45) is 1.93. The van der Waals surface area contributed by atoms with Crippen LogP contribution in [0.5, 0.6) is 0 Å². The summed E-state index contributed by atoms with van der Waals surface area (Å²) in [5.41, 5.74) is 0.420. The quantitative estimate of drug-likeness (QED) is 0.618. The number of hydrogen-bond donors (Lipinski definition) is 1. The van der Waals surface area contributed by atoms with Gasteiger partial charge in [-0.25, -0.2) is 0 Å². The van der Waals surface area contributed by atoms with Crippen molar-refractivity contribution in [1.29, 1.82) is 0 Å². The first kappa shape index (κ1) is 23.6. The minimum atomic E-state index is -0.323. The fourth-order valence-corrected chi connectivity index (χ4v) is 4.66. The Hall–Kier alpha value is -2.09. The summed E-state index contributed by atoms with van der Waals surface area (Å²) in [5.74, 6) is -0.542. The van der Waals surface area contributed by atoms with E-state index in [0.29, 0.717) is 53.1 Å². The standard InChI is InChI=1S/C22H25Cl2N3O3S/c1-2-9-27(14-20(28)25-18-13-16(23)5-6-17(18)24)21(29)15-7-10-26(11-8-15)22(30)19-4-3-12-31-19/h3-6,12-13,15H,2,7-11,14H2,1H3,(H,25,28). The molecule has 31 heavy (non-hydrogen) atoms. The van der Waals surface area contributed by atoms with Crippen LogP contribution >= 0.6 is 34.5 Å². The highest BCUT2D eigenvalue weighted by molar-refractivity contribution is 7.12. The molecule has 1 saturated heterocycles. The number of nitrogens with zero attached hydrogens (tertiary/aromatic N) is 2. The highest BCUT2D eigenvalue weighted by Gasteiger charge is 2.31. The number of halogens is 2. The van der Waals surface area contributed by atoms with Gasteiger partial charge in [-0.3, -0.25) is 14.4 Å². The topological polar surface area (TPSA) is 69.7 Å². The molecule has 166 valence electrons. The summed E-state index contributed by atoms with van der Waals surface area (Å²) >= 11 is 13.5. The lowest BCUT2D eigenvalue weighted by Gasteiger charge is -2.34. The smallest absolute Gasteiger partial charge is 0.263 e.